The van der Waals surface area contributed by atoms with Crippen LogP contribution in [0.2, 0.25) is 0 Å². The minimum absolute atomic E-state index is 0.0626. The third-order valence-corrected chi connectivity index (χ3v) is 2.46. The Labute approximate surface area is 100 Å². The van der Waals surface area contributed by atoms with Crippen LogP contribution in [0.25, 0.3) is 0 Å². The van der Waals surface area contributed by atoms with Crippen LogP contribution in [-0.4, -0.2) is 44.2 Å². The van der Waals surface area contributed by atoms with Crippen LogP contribution >= 0.6 is 0 Å². The SMILES string of the molecule is COC1CC[C@@H](OC(C)=O)[C@@H](COC(C)=O)O1. The van der Waals surface area contributed by atoms with Crippen molar-refractivity contribution in [2.45, 2.75) is 45.2 Å². The van der Waals surface area contributed by atoms with E-state index in [-0.39, 0.29) is 18.9 Å². The normalized spacial score (nSPS) is 28.5. The van der Waals surface area contributed by atoms with E-state index in [4.69, 9.17) is 18.9 Å². The lowest BCUT2D eigenvalue weighted by Gasteiger charge is -2.34. The molecule has 0 aromatic heterocycles. The van der Waals surface area contributed by atoms with Gasteiger partial charge in [-0.25, -0.2) is 0 Å². The molecule has 0 bridgehead atoms. The van der Waals surface area contributed by atoms with E-state index in [0.29, 0.717) is 12.8 Å². The molecular formula is C11H18O6. The van der Waals surface area contributed by atoms with Crippen LogP contribution in [0.1, 0.15) is 26.7 Å². The van der Waals surface area contributed by atoms with Crippen LogP contribution in [-0.2, 0) is 28.5 Å². The second kappa shape index (κ2) is 6.56. The standard InChI is InChI=1S/C11H18O6/c1-7(12)15-6-10-9(16-8(2)13)4-5-11(14-3)17-10/h9-11H,4-6H2,1-3H3/t9-,10-,11?/m1/s1. The van der Waals surface area contributed by atoms with E-state index in [1.807, 2.05) is 0 Å². The van der Waals surface area contributed by atoms with Gasteiger partial charge in [-0.2, -0.15) is 0 Å². The topological polar surface area (TPSA) is 71.1 Å². The van der Waals surface area contributed by atoms with Crippen molar-refractivity contribution in [3.63, 3.8) is 0 Å². The zero-order valence-electron chi connectivity index (χ0n) is 10.3. The molecule has 1 aliphatic heterocycles. The zero-order chi connectivity index (χ0) is 12.8. The Balaban J connectivity index is 2.54. The van der Waals surface area contributed by atoms with Crippen molar-refractivity contribution in [2.75, 3.05) is 13.7 Å². The zero-order valence-corrected chi connectivity index (χ0v) is 10.3. The van der Waals surface area contributed by atoms with Gasteiger partial charge in [-0.3, -0.25) is 9.59 Å². The predicted molar refractivity (Wildman–Crippen MR) is 57.1 cm³/mol. The summed E-state index contributed by atoms with van der Waals surface area (Å²) in [5.41, 5.74) is 0. The molecule has 0 N–H and O–H groups in total. The van der Waals surface area contributed by atoms with Gasteiger partial charge >= 0.3 is 11.9 Å². The first-order chi connectivity index (χ1) is 8.02. The molecule has 1 rings (SSSR count). The quantitative estimate of drug-likeness (QED) is 0.678. The molecule has 1 fully saturated rings. The molecule has 0 aliphatic carbocycles. The summed E-state index contributed by atoms with van der Waals surface area (Å²) < 4.78 is 20.6. The van der Waals surface area contributed by atoms with Crippen LogP contribution in [0.4, 0.5) is 0 Å². The van der Waals surface area contributed by atoms with Gasteiger partial charge in [-0.15, -0.1) is 0 Å². The molecule has 1 heterocycles. The minimum Gasteiger partial charge on any atom is -0.463 e. The molecule has 3 atom stereocenters. The molecule has 1 aliphatic rings. The number of esters is 2. The highest BCUT2D eigenvalue weighted by atomic mass is 16.7. The summed E-state index contributed by atoms with van der Waals surface area (Å²) >= 11 is 0. The Kier molecular flexibility index (Phi) is 5.37. The maximum Gasteiger partial charge on any atom is 0.302 e. The van der Waals surface area contributed by atoms with Crippen LogP contribution in [0.15, 0.2) is 0 Å². The van der Waals surface area contributed by atoms with Crippen molar-refractivity contribution in [1.29, 1.82) is 0 Å². The van der Waals surface area contributed by atoms with Gasteiger partial charge in [0.25, 0.3) is 0 Å². The molecule has 0 saturated carbocycles. The van der Waals surface area contributed by atoms with E-state index in [1.54, 1.807) is 7.11 Å². The summed E-state index contributed by atoms with van der Waals surface area (Å²) in [5, 5.41) is 0. The van der Waals surface area contributed by atoms with E-state index in [2.05, 4.69) is 0 Å². The number of rotatable bonds is 4. The number of hydrogen-bond acceptors (Lipinski definition) is 6. The van der Waals surface area contributed by atoms with Crippen LogP contribution in [0.5, 0.6) is 0 Å². The van der Waals surface area contributed by atoms with Crippen molar-refractivity contribution >= 4 is 11.9 Å². The van der Waals surface area contributed by atoms with Crippen LogP contribution in [0, 0.1) is 0 Å². The maximum absolute atomic E-state index is 10.9. The van der Waals surface area contributed by atoms with Gasteiger partial charge in [0.15, 0.2) is 6.29 Å². The van der Waals surface area contributed by atoms with E-state index in [0.717, 1.165) is 0 Å². The highest BCUT2D eigenvalue weighted by Gasteiger charge is 2.34. The highest BCUT2D eigenvalue weighted by Crippen LogP contribution is 2.23. The van der Waals surface area contributed by atoms with E-state index < -0.39 is 18.2 Å². The molecule has 1 saturated heterocycles. The average Bonchev–Trinajstić information content (AvgIpc) is 2.27. The van der Waals surface area contributed by atoms with E-state index >= 15 is 0 Å². The van der Waals surface area contributed by atoms with Crippen LogP contribution < -0.4 is 0 Å². The summed E-state index contributed by atoms with van der Waals surface area (Å²) in [5.74, 6) is -0.767. The Bertz CT molecular complexity index is 277. The van der Waals surface area contributed by atoms with Crippen LogP contribution in [0.3, 0.4) is 0 Å². The van der Waals surface area contributed by atoms with Crippen molar-refractivity contribution in [3.05, 3.63) is 0 Å². The number of methoxy groups -OCH3 is 1. The molecule has 0 spiro atoms. The lowest BCUT2D eigenvalue weighted by Crippen LogP contribution is -2.44. The van der Waals surface area contributed by atoms with Crippen molar-refractivity contribution < 1.29 is 28.5 Å². The lowest BCUT2D eigenvalue weighted by molar-refractivity contribution is -0.229. The molecule has 17 heavy (non-hydrogen) atoms. The van der Waals surface area contributed by atoms with Gasteiger partial charge < -0.3 is 18.9 Å². The summed E-state index contributed by atoms with van der Waals surface area (Å²) in [6.45, 7) is 2.72. The number of hydrogen-bond donors (Lipinski definition) is 0. The second-order valence-electron chi connectivity index (χ2n) is 3.87. The van der Waals surface area contributed by atoms with Gasteiger partial charge in [-0.05, 0) is 6.42 Å². The Morgan fingerprint density at radius 3 is 2.47 bits per heavy atom. The molecule has 0 radical (unpaired) electrons. The van der Waals surface area contributed by atoms with Crippen molar-refractivity contribution in [3.8, 4) is 0 Å². The lowest BCUT2D eigenvalue weighted by atomic mass is 10.1. The number of ether oxygens (including phenoxy) is 4. The van der Waals surface area contributed by atoms with Crippen molar-refractivity contribution in [1.82, 2.24) is 0 Å². The monoisotopic (exact) mass is 246 g/mol. The maximum atomic E-state index is 10.9. The van der Waals surface area contributed by atoms with Gasteiger partial charge in [0.05, 0.1) is 0 Å². The summed E-state index contributed by atoms with van der Waals surface area (Å²) in [4.78, 5) is 21.7. The third-order valence-electron chi connectivity index (χ3n) is 2.46. The van der Waals surface area contributed by atoms with Gasteiger partial charge in [0, 0.05) is 27.4 Å². The minimum atomic E-state index is -0.471. The molecule has 6 heteroatoms. The first-order valence-corrected chi connectivity index (χ1v) is 5.51. The van der Waals surface area contributed by atoms with Gasteiger partial charge in [0.2, 0.25) is 0 Å². The molecule has 98 valence electrons. The van der Waals surface area contributed by atoms with E-state index in [9.17, 15) is 9.59 Å². The van der Waals surface area contributed by atoms with Gasteiger partial charge in [0.1, 0.15) is 18.8 Å². The molecular weight excluding hydrogens is 228 g/mol. The fourth-order valence-electron chi connectivity index (χ4n) is 1.70. The smallest absolute Gasteiger partial charge is 0.302 e. The average molecular weight is 246 g/mol. The second-order valence-corrected chi connectivity index (χ2v) is 3.87. The number of carbonyl (C=O) groups is 2. The first-order valence-electron chi connectivity index (χ1n) is 5.51. The Hall–Kier alpha value is -1.14. The van der Waals surface area contributed by atoms with Crippen molar-refractivity contribution in [2.24, 2.45) is 0 Å². The summed E-state index contributed by atoms with van der Waals surface area (Å²) in [6.07, 6.45) is 0.0665. The van der Waals surface area contributed by atoms with Gasteiger partial charge in [-0.1, -0.05) is 0 Å². The predicted octanol–water partition coefficient (Wildman–Crippen LogP) is 0.633. The highest BCUT2D eigenvalue weighted by molar-refractivity contribution is 5.66. The fraction of sp³-hybridized carbons (Fsp3) is 0.818. The molecule has 0 aromatic rings. The Morgan fingerprint density at radius 1 is 1.24 bits per heavy atom. The molecule has 0 aromatic carbocycles. The largest absolute Gasteiger partial charge is 0.463 e. The molecule has 1 unspecified atom stereocenters. The Morgan fingerprint density at radius 2 is 1.94 bits per heavy atom. The third kappa shape index (κ3) is 4.70. The summed E-state index contributed by atoms with van der Waals surface area (Å²) in [7, 11) is 1.54. The summed E-state index contributed by atoms with van der Waals surface area (Å²) in [6, 6.07) is 0. The first kappa shape index (κ1) is 13.9. The fourth-order valence-corrected chi connectivity index (χ4v) is 1.70. The molecule has 6 nitrogen and oxygen atoms in total. The number of carbonyl (C=O) groups excluding carboxylic acids is 2. The van der Waals surface area contributed by atoms with E-state index in [1.165, 1.54) is 13.8 Å². The molecule has 0 amide bonds.